The summed E-state index contributed by atoms with van der Waals surface area (Å²) in [6, 6.07) is -0.0240. The molecular formula is C10H19NO2S. The molecule has 4 heteroatoms. The number of nitrogens with one attached hydrogen (secondary N) is 1. The van der Waals surface area contributed by atoms with Gasteiger partial charge in [0.1, 0.15) is 6.04 Å². The first-order valence-corrected chi connectivity index (χ1v) is 6.30. The largest absolute Gasteiger partial charge is 0.480 e. The molecule has 0 amide bonds. The summed E-state index contributed by atoms with van der Waals surface area (Å²) in [5.41, 5.74) is 0. The Hall–Kier alpha value is -0.220. The summed E-state index contributed by atoms with van der Waals surface area (Å²) in [7, 11) is 0. The first-order valence-electron chi connectivity index (χ1n) is 5.25. The van der Waals surface area contributed by atoms with Gasteiger partial charge < -0.3 is 10.4 Å². The monoisotopic (exact) mass is 217 g/mol. The van der Waals surface area contributed by atoms with E-state index in [0.717, 1.165) is 12.2 Å². The Kier molecular flexibility index (Phi) is 4.75. The summed E-state index contributed by atoms with van der Waals surface area (Å²) in [5, 5.41) is 12.6. The highest BCUT2D eigenvalue weighted by Crippen LogP contribution is 2.30. The van der Waals surface area contributed by atoms with Crippen LogP contribution < -0.4 is 5.32 Å². The third-order valence-corrected chi connectivity index (χ3v) is 3.99. The predicted octanol–water partition coefficient (Wildman–Crippen LogP) is 1.72. The van der Waals surface area contributed by atoms with Crippen LogP contribution in [0, 0.1) is 0 Å². The molecule has 0 aliphatic heterocycles. The van der Waals surface area contributed by atoms with Crippen LogP contribution in [0.1, 0.15) is 33.1 Å². The molecule has 1 aliphatic carbocycles. The number of thioether (sulfide) groups is 1. The van der Waals surface area contributed by atoms with Crippen molar-refractivity contribution in [2.75, 3.05) is 5.75 Å². The van der Waals surface area contributed by atoms with Crippen molar-refractivity contribution in [3.8, 4) is 0 Å². The number of carboxylic acid groups (broad SMARTS) is 1. The zero-order valence-electron chi connectivity index (χ0n) is 8.82. The number of hydrogen-bond donors (Lipinski definition) is 2. The van der Waals surface area contributed by atoms with Crippen molar-refractivity contribution < 1.29 is 9.90 Å². The van der Waals surface area contributed by atoms with Gasteiger partial charge in [0.25, 0.3) is 0 Å². The van der Waals surface area contributed by atoms with Crippen LogP contribution in [-0.4, -0.2) is 34.2 Å². The van der Waals surface area contributed by atoms with E-state index in [1.807, 2.05) is 11.8 Å². The predicted molar refractivity (Wildman–Crippen MR) is 59.8 cm³/mol. The summed E-state index contributed by atoms with van der Waals surface area (Å²) in [4.78, 5) is 10.7. The summed E-state index contributed by atoms with van der Waals surface area (Å²) in [6.07, 6.45) is 3.57. The smallest absolute Gasteiger partial charge is 0.320 e. The Bertz CT molecular complexity index is 199. The molecule has 0 aromatic rings. The van der Waals surface area contributed by atoms with Gasteiger partial charge in [-0.1, -0.05) is 13.3 Å². The van der Waals surface area contributed by atoms with Crippen molar-refractivity contribution >= 4 is 17.7 Å². The lowest BCUT2D eigenvalue weighted by Crippen LogP contribution is -2.44. The summed E-state index contributed by atoms with van der Waals surface area (Å²) < 4.78 is 0. The van der Waals surface area contributed by atoms with Crippen LogP contribution in [0.2, 0.25) is 0 Å². The lowest BCUT2D eigenvalue weighted by molar-refractivity contribution is -0.139. The average molecular weight is 217 g/mol. The molecule has 3 nitrogen and oxygen atoms in total. The maximum atomic E-state index is 10.7. The average Bonchev–Trinajstić information content (AvgIpc) is 2.53. The molecule has 0 radical (unpaired) electrons. The number of rotatable bonds is 5. The minimum atomic E-state index is -0.753. The van der Waals surface area contributed by atoms with Gasteiger partial charge in [-0.3, -0.25) is 4.79 Å². The van der Waals surface area contributed by atoms with E-state index in [0.29, 0.717) is 11.3 Å². The summed E-state index contributed by atoms with van der Waals surface area (Å²) in [5.74, 6) is 0.363. The molecule has 2 N–H and O–H groups in total. The Morgan fingerprint density at radius 2 is 2.36 bits per heavy atom. The molecule has 82 valence electrons. The second kappa shape index (κ2) is 5.61. The van der Waals surface area contributed by atoms with Crippen LogP contribution in [-0.2, 0) is 4.79 Å². The van der Waals surface area contributed by atoms with Gasteiger partial charge in [-0.2, -0.15) is 11.8 Å². The minimum absolute atomic E-state index is 0.394. The molecule has 1 saturated carbocycles. The number of aliphatic carboxylic acids is 1. The van der Waals surface area contributed by atoms with E-state index in [-0.39, 0.29) is 0 Å². The first-order chi connectivity index (χ1) is 6.65. The van der Waals surface area contributed by atoms with Crippen LogP contribution in [0.15, 0.2) is 0 Å². The Labute approximate surface area is 89.6 Å². The number of carboxylic acids is 1. The van der Waals surface area contributed by atoms with Gasteiger partial charge in [-0.15, -0.1) is 0 Å². The first kappa shape index (κ1) is 11.9. The molecule has 0 spiro atoms. The summed E-state index contributed by atoms with van der Waals surface area (Å²) in [6.45, 7) is 3.87. The fourth-order valence-corrected chi connectivity index (χ4v) is 3.13. The van der Waals surface area contributed by atoms with E-state index >= 15 is 0 Å². The second-order valence-corrected chi connectivity index (χ2v) is 5.27. The Morgan fingerprint density at radius 3 is 2.93 bits per heavy atom. The van der Waals surface area contributed by atoms with Crippen LogP contribution in [0.25, 0.3) is 0 Å². The maximum Gasteiger partial charge on any atom is 0.320 e. The lowest BCUT2D eigenvalue weighted by Gasteiger charge is -2.22. The van der Waals surface area contributed by atoms with Crippen molar-refractivity contribution in [3.05, 3.63) is 0 Å². The lowest BCUT2D eigenvalue weighted by atomic mass is 10.2. The SMILES string of the molecule is CCSC1CCCC1NC(C)C(=O)O. The van der Waals surface area contributed by atoms with Crippen molar-refractivity contribution in [1.29, 1.82) is 0 Å². The third-order valence-electron chi connectivity index (χ3n) is 2.67. The van der Waals surface area contributed by atoms with Gasteiger partial charge in [0, 0.05) is 11.3 Å². The molecule has 0 aromatic carbocycles. The highest BCUT2D eigenvalue weighted by molar-refractivity contribution is 7.99. The van der Waals surface area contributed by atoms with Gasteiger partial charge >= 0.3 is 5.97 Å². The molecular weight excluding hydrogens is 198 g/mol. The van der Waals surface area contributed by atoms with Gasteiger partial charge in [0.2, 0.25) is 0 Å². The Morgan fingerprint density at radius 1 is 1.64 bits per heavy atom. The van der Waals surface area contributed by atoms with Gasteiger partial charge in [-0.25, -0.2) is 0 Å². The van der Waals surface area contributed by atoms with Crippen molar-refractivity contribution in [2.45, 2.75) is 50.4 Å². The minimum Gasteiger partial charge on any atom is -0.480 e. The maximum absolute atomic E-state index is 10.7. The highest BCUT2D eigenvalue weighted by Gasteiger charge is 2.29. The van der Waals surface area contributed by atoms with E-state index in [9.17, 15) is 4.79 Å². The fraction of sp³-hybridized carbons (Fsp3) is 0.900. The van der Waals surface area contributed by atoms with E-state index in [4.69, 9.17) is 5.11 Å². The third kappa shape index (κ3) is 3.17. The second-order valence-electron chi connectivity index (χ2n) is 3.76. The van der Waals surface area contributed by atoms with Crippen LogP contribution in [0.4, 0.5) is 0 Å². The van der Waals surface area contributed by atoms with Gasteiger partial charge in [0.15, 0.2) is 0 Å². The van der Waals surface area contributed by atoms with Crippen molar-refractivity contribution in [2.24, 2.45) is 0 Å². The highest BCUT2D eigenvalue weighted by atomic mass is 32.2. The molecule has 0 aromatic heterocycles. The van der Waals surface area contributed by atoms with Crippen molar-refractivity contribution in [1.82, 2.24) is 5.32 Å². The molecule has 3 atom stereocenters. The standard InChI is InChI=1S/C10H19NO2S/c1-3-14-9-6-4-5-8(9)11-7(2)10(12)13/h7-9,11H,3-6H2,1-2H3,(H,12,13). The zero-order chi connectivity index (χ0) is 10.6. The quantitative estimate of drug-likeness (QED) is 0.736. The molecule has 1 rings (SSSR count). The molecule has 1 fully saturated rings. The topological polar surface area (TPSA) is 49.3 Å². The van der Waals surface area contributed by atoms with Gasteiger partial charge in [0.05, 0.1) is 0 Å². The zero-order valence-corrected chi connectivity index (χ0v) is 9.64. The fourth-order valence-electron chi connectivity index (χ4n) is 1.92. The van der Waals surface area contributed by atoms with Crippen molar-refractivity contribution in [3.63, 3.8) is 0 Å². The molecule has 0 saturated heterocycles. The molecule has 14 heavy (non-hydrogen) atoms. The molecule has 1 aliphatic rings. The number of hydrogen-bond acceptors (Lipinski definition) is 3. The normalized spacial score (nSPS) is 29.0. The molecule has 3 unspecified atom stereocenters. The van der Waals surface area contributed by atoms with Crippen LogP contribution in [0.3, 0.4) is 0 Å². The van der Waals surface area contributed by atoms with E-state index in [2.05, 4.69) is 12.2 Å². The Balaban J connectivity index is 2.38. The van der Waals surface area contributed by atoms with E-state index in [1.54, 1.807) is 6.92 Å². The summed E-state index contributed by atoms with van der Waals surface area (Å²) >= 11 is 1.95. The molecule has 0 heterocycles. The molecule has 0 bridgehead atoms. The van der Waals surface area contributed by atoms with E-state index in [1.165, 1.54) is 12.8 Å². The van der Waals surface area contributed by atoms with Crippen LogP contribution in [0.5, 0.6) is 0 Å². The number of carbonyl (C=O) groups is 1. The van der Waals surface area contributed by atoms with Crippen LogP contribution >= 0.6 is 11.8 Å². The van der Waals surface area contributed by atoms with E-state index < -0.39 is 12.0 Å². The van der Waals surface area contributed by atoms with Gasteiger partial charge in [-0.05, 0) is 25.5 Å².